The fourth-order valence-corrected chi connectivity index (χ4v) is 7.14. The lowest BCUT2D eigenvalue weighted by Crippen LogP contribution is -2.35. The van der Waals surface area contributed by atoms with E-state index >= 15 is 0 Å². The number of hydrogen-bond donors (Lipinski definition) is 2. The lowest BCUT2D eigenvalue weighted by molar-refractivity contribution is 0.0710. The summed E-state index contributed by atoms with van der Waals surface area (Å²) in [6.07, 6.45) is -1.15. The number of aliphatic hydroxyl groups is 2. The van der Waals surface area contributed by atoms with Gasteiger partial charge in [0.15, 0.2) is 0 Å². The van der Waals surface area contributed by atoms with Crippen LogP contribution >= 0.6 is 63.7 Å². The lowest BCUT2D eigenvalue weighted by Gasteiger charge is -2.29. The van der Waals surface area contributed by atoms with Crippen molar-refractivity contribution in [3.8, 4) is 11.5 Å². The summed E-state index contributed by atoms with van der Waals surface area (Å²) in [4.78, 5) is 4.34. The molecule has 0 spiro atoms. The van der Waals surface area contributed by atoms with Gasteiger partial charge in [-0.15, -0.1) is 0 Å². The van der Waals surface area contributed by atoms with Gasteiger partial charge in [0.2, 0.25) is 0 Å². The van der Waals surface area contributed by atoms with E-state index in [0.717, 1.165) is 55.2 Å². The molecule has 0 aliphatic carbocycles. The molecule has 0 bridgehead atoms. The Morgan fingerprint density at radius 3 is 1.18 bits per heavy atom. The van der Waals surface area contributed by atoms with Crippen LogP contribution in [0.4, 0.5) is 0 Å². The van der Waals surface area contributed by atoms with Crippen molar-refractivity contribution in [1.29, 1.82) is 0 Å². The zero-order valence-electron chi connectivity index (χ0n) is 23.7. The van der Waals surface area contributed by atoms with Crippen LogP contribution in [-0.4, -0.2) is 84.7 Å². The first-order valence-corrected chi connectivity index (χ1v) is 16.6. The molecule has 2 N–H and O–H groups in total. The Morgan fingerprint density at radius 2 is 0.923 bits per heavy atom. The normalized spacial score (nSPS) is 13.7. The van der Waals surface area contributed by atoms with E-state index in [0.29, 0.717) is 24.6 Å². The van der Waals surface area contributed by atoms with Crippen LogP contribution < -0.4 is 9.47 Å². The van der Waals surface area contributed by atoms with E-state index in [1.54, 1.807) is 0 Å². The first-order chi connectivity index (χ1) is 18.4. The van der Waals surface area contributed by atoms with Crippen LogP contribution in [0, 0.1) is 0 Å². The number of ether oxygens (including phenoxy) is 2. The van der Waals surface area contributed by atoms with E-state index in [1.807, 2.05) is 0 Å². The number of nitrogens with zero attached hydrogens (tertiary/aromatic N) is 2. The summed E-state index contributed by atoms with van der Waals surface area (Å²) in [6, 6.07) is 8.25. The molecule has 0 amide bonds. The van der Waals surface area contributed by atoms with Gasteiger partial charge in [-0.05, 0) is 125 Å². The highest BCUT2D eigenvalue weighted by Crippen LogP contribution is 2.44. The van der Waals surface area contributed by atoms with Gasteiger partial charge in [0.1, 0.15) is 36.9 Å². The van der Waals surface area contributed by atoms with Crippen LogP contribution in [0.1, 0.15) is 52.7 Å². The van der Waals surface area contributed by atoms with E-state index in [4.69, 9.17) is 9.47 Å². The molecule has 0 aliphatic heterocycles. The minimum absolute atomic E-state index is 0.210. The second kappa shape index (κ2) is 16.4. The smallest absolute Gasteiger partial charge is 0.147 e. The largest absolute Gasteiger partial charge is 0.488 e. The molecule has 39 heavy (non-hydrogen) atoms. The third-order valence-corrected chi connectivity index (χ3v) is 9.36. The average Bonchev–Trinajstić information content (AvgIpc) is 2.89. The Kier molecular flexibility index (Phi) is 14.8. The van der Waals surface area contributed by atoms with Crippen LogP contribution in [0.3, 0.4) is 0 Å². The fraction of sp³-hybridized carbons (Fsp3) is 0.586. The van der Waals surface area contributed by atoms with Gasteiger partial charge in [0, 0.05) is 18.5 Å². The van der Waals surface area contributed by atoms with Gasteiger partial charge in [-0.2, -0.15) is 0 Å². The molecule has 10 heteroatoms. The van der Waals surface area contributed by atoms with Crippen LogP contribution in [-0.2, 0) is 5.41 Å². The number of aliphatic hydroxyl groups excluding tert-OH is 2. The molecule has 2 atom stereocenters. The summed E-state index contributed by atoms with van der Waals surface area (Å²) in [6.45, 7) is 17.8. The van der Waals surface area contributed by atoms with Crippen LogP contribution in [0.15, 0.2) is 42.2 Å². The monoisotopic (exact) mass is 798 g/mol. The molecule has 0 saturated carbocycles. The maximum absolute atomic E-state index is 10.4. The molecule has 0 aromatic heterocycles. The van der Waals surface area contributed by atoms with Crippen LogP contribution in [0.25, 0.3) is 0 Å². The number of rotatable bonds is 16. The van der Waals surface area contributed by atoms with E-state index < -0.39 is 12.2 Å². The van der Waals surface area contributed by atoms with Crippen molar-refractivity contribution in [3.63, 3.8) is 0 Å². The van der Waals surface area contributed by atoms with Gasteiger partial charge >= 0.3 is 0 Å². The third kappa shape index (κ3) is 9.94. The molecular weight excluding hydrogens is 760 g/mol. The summed E-state index contributed by atoms with van der Waals surface area (Å²) in [5.74, 6) is 1.34. The number of halogens is 4. The highest BCUT2D eigenvalue weighted by molar-refractivity contribution is 9.11. The number of likely N-dealkylation sites (N-methyl/N-ethyl adjacent to an activating group) is 2. The van der Waals surface area contributed by atoms with Crippen LogP contribution in [0.5, 0.6) is 11.5 Å². The lowest BCUT2D eigenvalue weighted by atomic mass is 9.78. The predicted octanol–water partition coefficient (Wildman–Crippen LogP) is 7.23. The van der Waals surface area contributed by atoms with E-state index in [-0.39, 0.29) is 18.6 Å². The van der Waals surface area contributed by atoms with Crippen molar-refractivity contribution < 1.29 is 19.7 Å². The Bertz CT molecular complexity index is 934. The average molecular weight is 802 g/mol. The second-order valence-electron chi connectivity index (χ2n) is 10.1. The van der Waals surface area contributed by atoms with E-state index in [1.165, 1.54) is 0 Å². The zero-order valence-corrected chi connectivity index (χ0v) is 30.1. The van der Waals surface area contributed by atoms with Crippen molar-refractivity contribution >= 4 is 63.7 Å². The molecular formula is C29H42Br4N2O4. The van der Waals surface area contributed by atoms with Crippen LogP contribution in [0.2, 0.25) is 0 Å². The molecule has 0 heterocycles. The van der Waals surface area contributed by atoms with Crippen molar-refractivity contribution in [1.82, 2.24) is 9.80 Å². The maximum atomic E-state index is 10.4. The molecule has 2 aromatic rings. The molecule has 2 unspecified atom stereocenters. The molecule has 2 rings (SSSR count). The quantitative estimate of drug-likeness (QED) is 0.187. The Hall–Kier alpha value is -0.200. The standard InChI is InChI=1S/C29H42Br4N2O4/c1-7-34(8-2)15-21(36)17-38-27-23(30)11-19(12-24(27)31)29(5,6)20-13-25(32)28(26(33)14-20)39-18-22(37)16-35(9-3)10-4/h11-14,21-22,36-37H,7-10,15-18H2,1-6H3. The Labute approximate surface area is 267 Å². The topological polar surface area (TPSA) is 65.4 Å². The number of hydrogen-bond acceptors (Lipinski definition) is 6. The van der Waals surface area contributed by atoms with Gasteiger partial charge in [0.25, 0.3) is 0 Å². The first kappa shape index (κ1) is 35.0. The summed E-state index contributed by atoms with van der Waals surface area (Å²) in [7, 11) is 0. The second-order valence-corrected chi connectivity index (χ2v) is 13.5. The van der Waals surface area contributed by atoms with Gasteiger partial charge in [-0.1, -0.05) is 41.5 Å². The van der Waals surface area contributed by atoms with Crippen molar-refractivity contribution in [2.75, 3.05) is 52.5 Å². The van der Waals surface area contributed by atoms with Gasteiger partial charge in [-0.25, -0.2) is 0 Å². The fourth-order valence-electron chi connectivity index (χ4n) is 4.31. The zero-order chi connectivity index (χ0) is 29.3. The van der Waals surface area contributed by atoms with Crippen molar-refractivity contribution in [2.45, 2.75) is 59.2 Å². The molecule has 0 aliphatic rings. The van der Waals surface area contributed by atoms with Gasteiger partial charge in [-0.3, -0.25) is 0 Å². The molecule has 2 aromatic carbocycles. The van der Waals surface area contributed by atoms with E-state index in [9.17, 15) is 10.2 Å². The Balaban J connectivity index is 2.19. The highest BCUT2D eigenvalue weighted by Gasteiger charge is 2.28. The Morgan fingerprint density at radius 1 is 0.641 bits per heavy atom. The summed E-state index contributed by atoms with van der Waals surface area (Å²) < 4.78 is 15.3. The summed E-state index contributed by atoms with van der Waals surface area (Å²) >= 11 is 14.7. The summed E-state index contributed by atoms with van der Waals surface area (Å²) in [5, 5.41) is 20.9. The minimum atomic E-state index is -0.575. The van der Waals surface area contributed by atoms with Gasteiger partial charge in [0.05, 0.1) is 17.9 Å². The first-order valence-electron chi connectivity index (χ1n) is 13.4. The highest BCUT2D eigenvalue weighted by atomic mass is 79.9. The summed E-state index contributed by atoms with van der Waals surface area (Å²) in [5.41, 5.74) is 1.82. The number of benzene rings is 2. The molecule has 0 saturated heterocycles. The third-order valence-electron chi connectivity index (χ3n) is 7.01. The maximum Gasteiger partial charge on any atom is 0.147 e. The predicted molar refractivity (Wildman–Crippen MR) is 174 cm³/mol. The van der Waals surface area contributed by atoms with Crippen molar-refractivity contribution in [3.05, 3.63) is 53.3 Å². The SMILES string of the molecule is CCN(CC)CC(O)COc1c(Br)cc(C(C)(C)c2cc(Br)c(OCC(O)CN(CC)CC)c(Br)c2)cc1Br. The molecule has 0 fully saturated rings. The molecule has 0 radical (unpaired) electrons. The van der Waals surface area contributed by atoms with Crippen molar-refractivity contribution in [2.24, 2.45) is 0 Å². The van der Waals surface area contributed by atoms with E-state index in [2.05, 4.69) is 139 Å². The minimum Gasteiger partial charge on any atom is -0.488 e. The van der Waals surface area contributed by atoms with Gasteiger partial charge < -0.3 is 29.5 Å². The molecule has 220 valence electrons. The molecule has 6 nitrogen and oxygen atoms in total.